The molecule has 0 radical (unpaired) electrons. The number of benzene rings is 3. The maximum atomic E-state index is 13.1. The van der Waals surface area contributed by atoms with E-state index in [1.165, 1.54) is 11.3 Å². The molecule has 0 fully saturated rings. The van der Waals surface area contributed by atoms with E-state index >= 15 is 0 Å². The third-order valence-corrected chi connectivity index (χ3v) is 6.02. The number of hydrogen-bond donors (Lipinski definition) is 1. The van der Waals surface area contributed by atoms with E-state index in [9.17, 15) is 9.59 Å². The first kappa shape index (κ1) is 23.7. The molecule has 0 aliphatic heterocycles. The second kappa shape index (κ2) is 10.6. The highest BCUT2D eigenvalue weighted by molar-refractivity contribution is 7.16. The highest BCUT2D eigenvalue weighted by Gasteiger charge is 2.16. The average molecular weight is 468 g/mol. The number of aromatic nitrogens is 1. The molecule has 32 heavy (non-hydrogen) atoms. The Morgan fingerprint density at radius 2 is 1.66 bits per heavy atom. The smallest absolute Gasteiger partial charge is 0.305 e. The van der Waals surface area contributed by atoms with Crippen molar-refractivity contribution in [2.45, 2.75) is 6.54 Å². The van der Waals surface area contributed by atoms with E-state index in [0.717, 1.165) is 33.5 Å². The molecule has 0 spiro atoms. The van der Waals surface area contributed by atoms with Crippen molar-refractivity contribution in [2.24, 2.45) is 0 Å². The van der Waals surface area contributed by atoms with Gasteiger partial charge in [-0.1, -0.05) is 53.8 Å². The van der Waals surface area contributed by atoms with Crippen LogP contribution in [0.15, 0.2) is 77.6 Å². The molecule has 166 valence electrons. The lowest BCUT2D eigenvalue weighted by molar-refractivity contribution is 0.0732. The maximum Gasteiger partial charge on any atom is 0.305 e. The number of hydrogen-bond acceptors (Lipinski definition) is 4. The Kier molecular flexibility index (Phi) is 7.85. The molecular formula is C25H26ClN3O2S. The molecule has 1 N–H and O–H groups in total. The van der Waals surface area contributed by atoms with Crippen molar-refractivity contribution in [2.75, 3.05) is 27.2 Å². The number of carbonyl (C=O) groups is 1. The molecule has 0 saturated carbocycles. The minimum atomic E-state index is -0.0446. The van der Waals surface area contributed by atoms with E-state index < -0.39 is 0 Å². The molecule has 5 nitrogen and oxygen atoms in total. The zero-order valence-electron chi connectivity index (χ0n) is 18.1. The monoisotopic (exact) mass is 467 g/mol. The van der Waals surface area contributed by atoms with Crippen LogP contribution >= 0.6 is 23.7 Å². The summed E-state index contributed by atoms with van der Waals surface area (Å²) in [6.45, 7) is 1.98. The van der Waals surface area contributed by atoms with Gasteiger partial charge in [-0.25, -0.2) is 0 Å². The van der Waals surface area contributed by atoms with Crippen LogP contribution in [-0.4, -0.2) is 47.9 Å². The minimum Gasteiger partial charge on any atom is -0.333 e. The van der Waals surface area contributed by atoms with E-state index in [-0.39, 0.29) is 23.2 Å². The number of carbonyl (C=O) groups excluding carboxylic acids is 1. The topological polar surface area (TPSA) is 56.4 Å². The minimum absolute atomic E-state index is 0. The first-order valence-corrected chi connectivity index (χ1v) is 11.0. The fourth-order valence-electron chi connectivity index (χ4n) is 3.53. The van der Waals surface area contributed by atoms with Gasteiger partial charge in [-0.15, -0.1) is 12.4 Å². The van der Waals surface area contributed by atoms with Gasteiger partial charge in [0.2, 0.25) is 0 Å². The van der Waals surface area contributed by atoms with Gasteiger partial charge in [-0.05, 0) is 61.1 Å². The lowest BCUT2D eigenvalue weighted by atomic mass is 10.0. The van der Waals surface area contributed by atoms with Crippen molar-refractivity contribution in [1.82, 2.24) is 14.8 Å². The van der Waals surface area contributed by atoms with Crippen molar-refractivity contribution in [3.63, 3.8) is 0 Å². The van der Waals surface area contributed by atoms with Crippen LogP contribution in [0.2, 0.25) is 0 Å². The van der Waals surface area contributed by atoms with Gasteiger partial charge in [-0.3, -0.25) is 9.59 Å². The van der Waals surface area contributed by atoms with E-state index in [4.69, 9.17) is 0 Å². The van der Waals surface area contributed by atoms with Crippen molar-refractivity contribution in [3.8, 4) is 11.1 Å². The molecule has 0 aliphatic carbocycles. The van der Waals surface area contributed by atoms with Crippen LogP contribution in [0.4, 0.5) is 0 Å². The summed E-state index contributed by atoms with van der Waals surface area (Å²) < 4.78 is 0.944. The first-order chi connectivity index (χ1) is 15.0. The zero-order valence-corrected chi connectivity index (χ0v) is 19.7. The second-order valence-electron chi connectivity index (χ2n) is 7.82. The maximum absolute atomic E-state index is 13.1. The van der Waals surface area contributed by atoms with Gasteiger partial charge in [0, 0.05) is 25.2 Å². The normalized spacial score (nSPS) is 10.8. The van der Waals surface area contributed by atoms with Crippen LogP contribution in [0.5, 0.6) is 0 Å². The quantitative estimate of drug-likeness (QED) is 0.421. The van der Waals surface area contributed by atoms with Gasteiger partial charge >= 0.3 is 4.87 Å². The highest BCUT2D eigenvalue weighted by Crippen LogP contribution is 2.26. The number of thiazole rings is 1. The summed E-state index contributed by atoms with van der Waals surface area (Å²) in [4.78, 5) is 31.5. The Hall–Kier alpha value is -2.93. The number of aromatic amines is 1. The summed E-state index contributed by atoms with van der Waals surface area (Å²) in [5, 5.41) is 0. The largest absolute Gasteiger partial charge is 0.333 e. The number of nitrogens with one attached hydrogen (secondary N) is 1. The lowest BCUT2D eigenvalue weighted by Crippen LogP contribution is -2.36. The zero-order chi connectivity index (χ0) is 21.8. The molecule has 0 saturated heterocycles. The van der Waals surface area contributed by atoms with Crippen molar-refractivity contribution in [3.05, 3.63) is 93.6 Å². The standard InChI is InChI=1S/C25H25N3O2S.ClH/c1-27(2)13-14-28(24(29)19-8-4-3-5-9-19)17-18-7-6-10-20(15-18)21-11-12-22-23(16-21)31-25(30)26-22;/h3-12,15-16H,13-14,17H2,1-2H3,(H,26,30);1H. The molecule has 7 heteroatoms. The van der Waals surface area contributed by atoms with Gasteiger partial charge in [0.25, 0.3) is 5.91 Å². The molecular weight excluding hydrogens is 442 g/mol. The number of fused-ring (bicyclic) bond motifs is 1. The van der Waals surface area contributed by atoms with Gasteiger partial charge in [0.1, 0.15) is 0 Å². The Balaban J connectivity index is 0.00000289. The second-order valence-corrected chi connectivity index (χ2v) is 8.84. The van der Waals surface area contributed by atoms with Crippen molar-refractivity contribution < 1.29 is 4.79 Å². The number of nitrogens with zero attached hydrogens (tertiary/aromatic N) is 2. The summed E-state index contributed by atoms with van der Waals surface area (Å²) >= 11 is 1.22. The average Bonchev–Trinajstić information content (AvgIpc) is 3.16. The molecule has 0 atom stereocenters. The Morgan fingerprint density at radius 1 is 0.906 bits per heavy atom. The van der Waals surface area contributed by atoms with Crippen LogP contribution in [0.25, 0.3) is 21.3 Å². The van der Waals surface area contributed by atoms with Crippen LogP contribution in [-0.2, 0) is 6.54 Å². The van der Waals surface area contributed by atoms with Crippen LogP contribution in [0.1, 0.15) is 15.9 Å². The number of rotatable bonds is 7. The van der Waals surface area contributed by atoms with E-state index in [2.05, 4.69) is 28.1 Å². The highest BCUT2D eigenvalue weighted by atomic mass is 35.5. The third-order valence-electron chi connectivity index (χ3n) is 5.18. The fourth-order valence-corrected chi connectivity index (χ4v) is 4.31. The molecule has 0 aliphatic rings. The third kappa shape index (κ3) is 5.65. The van der Waals surface area contributed by atoms with Crippen LogP contribution in [0.3, 0.4) is 0 Å². The molecule has 1 heterocycles. The predicted octanol–water partition coefficient (Wildman–Crippen LogP) is 4.88. The Morgan fingerprint density at radius 3 is 2.41 bits per heavy atom. The number of halogens is 1. The van der Waals surface area contributed by atoms with Gasteiger partial charge in [0.05, 0.1) is 10.2 Å². The van der Waals surface area contributed by atoms with Gasteiger partial charge in [-0.2, -0.15) is 0 Å². The van der Waals surface area contributed by atoms with Crippen LogP contribution < -0.4 is 4.87 Å². The van der Waals surface area contributed by atoms with E-state index in [0.29, 0.717) is 18.7 Å². The van der Waals surface area contributed by atoms with Crippen molar-refractivity contribution >= 4 is 39.9 Å². The molecule has 4 aromatic rings. The number of likely N-dealkylation sites (N-methyl/N-ethyl adjacent to an activating group) is 1. The Bertz CT molecular complexity index is 1250. The van der Waals surface area contributed by atoms with Crippen LogP contribution in [0, 0.1) is 0 Å². The van der Waals surface area contributed by atoms with Gasteiger partial charge in [0.15, 0.2) is 0 Å². The Labute approximate surface area is 197 Å². The summed E-state index contributed by atoms with van der Waals surface area (Å²) in [6, 6.07) is 23.7. The van der Waals surface area contributed by atoms with E-state index in [1.807, 2.05) is 73.6 Å². The fraction of sp³-hybridized carbons (Fsp3) is 0.200. The molecule has 0 bridgehead atoms. The SMILES string of the molecule is CN(C)CCN(Cc1cccc(-c2ccc3[nH]c(=O)sc3c2)c1)C(=O)c1ccccc1.Cl. The molecule has 1 amide bonds. The summed E-state index contributed by atoms with van der Waals surface area (Å²) in [7, 11) is 4.02. The predicted molar refractivity (Wildman–Crippen MR) is 135 cm³/mol. The lowest BCUT2D eigenvalue weighted by Gasteiger charge is -2.25. The molecule has 4 rings (SSSR count). The van der Waals surface area contributed by atoms with Gasteiger partial charge < -0.3 is 14.8 Å². The molecule has 1 aromatic heterocycles. The summed E-state index contributed by atoms with van der Waals surface area (Å²) in [5.41, 5.74) is 4.75. The van der Waals surface area contributed by atoms with Crippen molar-refractivity contribution in [1.29, 1.82) is 0 Å². The number of amides is 1. The number of H-pyrrole nitrogens is 1. The summed E-state index contributed by atoms with van der Waals surface area (Å²) in [6.07, 6.45) is 0. The first-order valence-electron chi connectivity index (χ1n) is 10.2. The van der Waals surface area contributed by atoms with E-state index in [1.54, 1.807) is 0 Å². The molecule has 0 unspecified atom stereocenters. The summed E-state index contributed by atoms with van der Waals surface area (Å²) in [5.74, 6) is 0.0337. The molecule has 3 aromatic carbocycles.